The van der Waals surface area contributed by atoms with Gasteiger partial charge in [0.15, 0.2) is 0 Å². The van der Waals surface area contributed by atoms with E-state index in [9.17, 15) is 42.6 Å². The molecule has 0 aliphatic carbocycles. The molecule has 6 N–H and O–H groups in total. The second-order valence-electron chi connectivity index (χ2n) is 12.2. The van der Waals surface area contributed by atoms with Crippen LogP contribution in [0.3, 0.4) is 0 Å². The van der Waals surface area contributed by atoms with Gasteiger partial charge in [0.1, 0.15) is 5.60 Å². The van der Waals surface area contributed by atoms with E-state index in [1.807, 2.05) is 0 Å². The Morgan fingerprint density at radius 2 is 1.32 bits per heavy atom. The fraction of sp³-hybridized carbons (Fsp3) is 0.222. The number of benzene rings is 4. The molecule has 0 unspecified atom stereocenters. The van der Waals surface area contributed by atoms with Gasteiger partial charge in [0, 0.05) is 0 Å². The minimum Gasteiger partial charge on any atom is -0.478 e. The lowest BCUT2D eigenvalue weighted by atomic mass is 10.0. The molecule has 14 heteroatoms. The molecule has 4 aromatic rings. The standard InChI is InChI=1S/C36H35F3N4O7/c1-35(2,3)50-34(49)43(31(44)26(40)18-21-9-5-4-6-10-21)20-22-13-15-28(25(17-22)33(47)48)42-30-19-23(36(37,38)39)14-16-29(30)41-27-12-8-7-11-24(27)32(45)46/h4-17,19,26,41-42H,18,20,40H2,1-3H3,(H,45,46)(H,47,48)/t26-/m0/s1. The van der Waals surface area contributed by atoms with Crippen LogP contribution in [0.4, 0.5) is 40.7 Å². The van der Waals surface area contributed by atoms with Crippen LogP contribution in [0.5, 0.6) is 0 Å². The van der Waals surface area contributed by atoms with Gasteiger partial charge in [-0.05, 0) is 80.8 Å². The van der Waals surface area contributed by atoms with Crippen molar-refractivity contribution < 1.29 is 47.3 Å². The molecule has 0 aliphatic heterocycles. The molecule has 2 amide bonds. The molecule has 0 bridgehead atoms. The van der Waals surface area contributed by atoms with Crippen molar-refractivity contribution >= 4 is 46.7 Å². The van der Waals surface area contributed by atoms with E-state index in [-0.39, 0.29) is 40.3 Å². The number of carboxylic acids is 2. The number of halogens is 3. The van der Waals surface area contributed by atoms with Gasteiger partial charge in [-0.25, -0.2) is 19.3 Å². The topological polar surface area (TPSA) is 171 Å². The Bertz CT molecular complexity index is 1890. The summed E-state index contributed by atoms with van der Waals surface area (Å²) < 4.78 is 46.6. The van der Waals surface area contributed by atoms with Crippen LogP contribution < -0.4 is 16.4 Å². The molecule has 262 valence electrons. The largest absolute Gasteiger partial charge is 0.478 e. The third-order valence-corrected chi connectivity index (χ3v) is 7.19. The van der Waals surface area contributed by atoms with E-state index in [1.165, 1.54) is 42.5 Å². The van der Waals surface area contributed by atoms with Gasteiger partial charge in [0.05, 0.1) is 52.0 Å². The fourth-order valence-electron chi connectivity index (χ4n) is 4.87. The number of imide groups is 1. The highest BCUT2D eigenvalue weighted by atomic mass is 19.4. The number of nitrogens with zero attached hydrogens (tertiary/aromatic N) is 1. The zero-order chi connectivity index (χ0) is 36.8. The van der Waals surface area contributed by atoms with Crippen molar-refractivity contribution in [3.8, 4) is 0 Å². The lowest BCUT2D eigenvalue weighted by Crippen LogP contribution is -2.48. The van der Waals surface area contributed by atoms with Gasteiger partial charge >= 0.3 is 24.2 Å². The molecule has 11 nitrogen and oxygen atoms in total. The lowest BCUT2D eigenvalue weighted by Gasteiger charge is -2.28. The van der Waals surface area contributed by atoms with Crippen molar-refractivity contribution in [3.05, 3.63) is 119 Å². The predicted molar refractivity (Wildman–Crippen MR) is 180 cm³/mol. The Kier molecular flexibility index (Phi) is 11.2. The minimum absolute atomic E-state index is 0.0150. The lowest BCUT2D eigenvalue weighted by molar-refractivity contribution is -0.137. The van der Waals surface area contributed by atoms with Crippen molar-refractivity contribution in [1.82, 2.24) is 4.90 Å². The summed E-state index contributed by atoms with van der Waals surface area (Å²) in [6.45, 7) is 4.39. The molecule has 4 rings (SSSR count). The zero-order valence-electron chi connectivity index (χ0n) is 27.2. The number of anilines is 4. The van der Waals surface area contributed by atoms with Crippen molar-refractivity contribution in [3.63, 3.8) is 0 Å². The van der Waals surface area contributed by atoms with Crippen molar-refractivity contribution in [2.45, 2.75) is 51.6 Å². The molecule has 0 radical (unpaired) electrons. The number of carbonyl (C=O) groups is 4. The Balaban J connectivity index is 1.70. The molecule has 1 atom stereocenters. The number of amides is 2. The van der Waals surface area contributed by atoms with Crippen LogP contribution >= 0.6 is 0 Å². The number of hydrogen-bond acceptors (Lipinski definition) is 8. The summed E-state index contributed by atoms with van der Waals surface area (Å²) in [4.78, 5) is 51.7. The smallest absolute Gasteiger partial charge is 0.417 e. The molecule has 50 heavy (non-hydrogen) atoms. The van der Waals surface area contributed by atoms with Crippen molar-refractivity contribution in [2.24, 2.45) is 5.73 Å². The van der Waals surface area contributed by atoms with Crippen molar-refractivity contribution in [1.29, 1.82) is 0 Å². The number of nitrogens with two attached hydrogens (primary N) is 1. The molecule has 0 spiro atoms. The second-order valence-corrected chi connectivity index (χ2v) is 12.2. The number of aromatic carboxylic acids is 2. The van der Waals surface area contributed by atoms with Crippen LogP contribution in [0.25, 0.3) is 0 Å². The summed E-state index contributed by atoms with van der Waals surface area (Å²) in [5.41, 5.74) is 4.29. The summed E-state index contributed by atoms with van der Waals surface area (Å²) in [7, 11) is 0. The van der Waals surface area contributed by atoms with Gasteiger partial charge in [-0.3, -0.25) is 4.79 Å². The highest BCUT2D eigenvalue weighted by Gasteiger charge is 2.33. The minimum atomic E-state index is -4.76. The number of carboxylic acid groups (broad SMARTS) is 2. The number of nitrogens with one attached hydrogen (secondary N) is 2. The van der Waals surface area contributed by atoms with Gasteiger partial charge in [0.2, 0.25) is 5.91 Å². The van der Waals surface area contributed by atoms with E-state index in [0.717, 1.165) is 28.7 Å². The number of para-hydroxylation sites is 1. The van der Waals surface area contributed by atoms with E-state index >= 15 is 0 Å². The highest BCUT2D eigenvalue weighted by Crippen LogP contribution is 2.37. The molecule has 0 saturated carbocycles. The van der Waals surface area contributed by atoms with Crippen molar-refractivity contribution in [2.75, 3.05) is 10.6 Å². The quantitative estimate of drug-likeness (QED) is 0.107. The van der Waals surface area contributed by atoms with Crippen LogP contribution in [0.15, 0.2) is 91.0 Å². The van der Waals surface area contributed by atoms with E-state index < -0.39 is 59.4 Å². The van der Waals surface area contributed by atoms with E-state index in [2.05, 4.69) is 10.6 Å². The zero-order valence-corrected chi connectivity index (χ0v) is 27.2. The Morgan fingerprint density at radius 3 is 1.94 bits per heavy atom. The van der Waals surface area contributed by atoms with E-state index in [0.29, 0.717) is 0 Å². The number of ether oxygens (including phenoxy) is 1. The predicted octanol–water partition coefficient (Wildman–Crippen LogP) is 7.42. The average Bonchev–Trinajstić information content (AvgIpc) is 3.03. The Hall–Kier alpha value is -5.89. The SMILES string of the molecule is CC(C)(C)OC(=O)N(Cc1ccc(Nc2cc(C(F)(F)F)ccc2Nc2ccccc2C(=O)O)c(C(=O)O)c1)C(=O)[C@@H](N)Cc1ccccc1. The monoisotopic (exact) mass is 692 g/mol. The summed E-state index contributed by atoms with van der Waals surface area (Å²) >= 11 is 0. The number of alkyl halides is 3. The van der Waals surface area contributed by atoms with Gasteiger partial charge in [-0.15, -0.1) is 0 Å². The van der Waals surface area contributed by atoms with Crippen LogP contribution in [0.1, 0.15) is 58.2 Å². The molecular formula is C36H35F3N4O7. The summed E-state index contributed by atoms with van der Waals surface area (Å²) in [6.07, 6.45) is -5.66. The molecule has 0 aliphatic rings. The summed E-state index contributed by atoms with van der Waals surface area (Å²) in [5.74, 6) is -3.52. The molecule has 4 aromatic carbocycles. The highest BCUT2D eigenvalue weighted by molar-refractivity contribution is 5.98. The Labute approximate surface area is 285 Å². The molecule has 0 fully saturated rings. The normalized spacial score (nSPS) is 12.1. The third kappa shape index (κ3) is 9.60. The maximum atomic E-state index is 13.7. The second kappa shape index (κ2) is 15.1. The molecular weight excluding hydrogens is 657 g/mol. The van der Waals surface area contributed by atoms with Gasteiger partial charge in [-0.1, -0.05) is 48.5 Å². The first-order chi connectivity index (χ1) is 23.4. The number of hydrogen-bond donors (Lipinski definition) is 5. The first-order valence-corrected chi connectivity index (χ1v) is 15.2. The Morgan fingerprint density at radius 1 is 0.740 bits per heavy atom. The van der Waals surface area contributed by atoms with E-state index in [4.69, 9.17) is 10.5 Å². The summed E-state index contributed by atoms with van der Waals surface area (Å²) in [6, 6.07) is 19.9. The average molecular weight is 693 g/mol. The molecule has 0 heterocycles. The van der Waals surface area contributed by atoms with Crippen LogP contribution in [-0.4, -0.2) is 50.7 Å². The maximum Gasteiger partial charge on any atom is 0.417 e. The fourth-order valence-corrected chi connectivity index (χ4v) is 4.87. The first-order valence-electron chi connectivity index (χ1n) is 15.2. The number of rotatable bonds is 11. The molecule has 0 aromatic heterocycles. The van der Waals surface area contributed by atoms with Crippen LogP contribution in [-0.2, 0) is 28.7 Å². The molecule has 0 saturated heterocycles. The van der Waals surface area contributed by atoms with Gasteiger partial charge in [-0.2, -0.15) is 13.2 Å². The first kappa shape index (κ1) is 36.9. The van der Waals surface area contributed by atoms with Gasteiger partial charge < -0.3 is 31.3 Å². The summed E-state index contributed by atoms with van der Waals surface area (Å²) in [5, 5.41) is 25.2. The van der Waals surface area contributed by atoms with Crippen LogP contribution in [0.2, 0.25) is 0 Å². The third-order valence-electron chi connectivity index (χ3n) is 7.19. The van der Waals surface area contributed by atoms with Crippen LogP contribution in [0, 0.1) is 0 Å². The number of carbonyl (C=O) groups excluding carboxylic acids is 2. The van der Waals surface area contributed by atoms with Gasteiger partial charge in [0.25, 0.3) is 0 Å². The maximum absolute atomic E-state index is 13.7. The van der Waals surface area contributed by atoms with E-state index in [1.54, 1.807) is 51.1 Å².